The first kappa shape index (κ1) is 27.4. The van der Waals surface area contributed by atoms with Crippen LogP contribution in [0.15, 0.2) is 24.3 Å². The SMILES string of the molecule is CC(C)C[C@H](NC(=O)C1O[C@H]1C(=O)NCCN1CCCC1)C(=O)N[C@@H](Cc1ccc(O)cc1)C(N)=O. The van der Waals surface area contributed by atoms with E-state index in [-0.39, 0.29) is 24.0 Å². The van der Waals surface area contributed by atoms with Crippen molar-refractivity contribution in [2.24, 2.45) is 11.7 Å². The van der Waals surface area contributed by atoms with Crippen molar-refractivity contribution in [3.63, 3.8) is 0 Å². The van der Waals surface area contributed by atoms with Crippen LogP contribution in [0.5, 0.6) is 5.75 Å². The van der Waals surface area contributed by atoms with Crippen LogP contribution in [0, 0.1) is 5.92 Å². The van der Waals surface area contributed by atoms with Gasteiger partial charge in [-0.2, -0.15) is 0 Å². The molecule has 4 atom stereocenters. The number of hydrogen-bond donors (Lipinski definition) is 5. The van der Waals surface area contributed by atoms with Crippen molar-refractivity contribution in [1.82, 2.24) is 20.9 Å². The maximum Gasteiger partial charge on any atom is 0.253 e. The molecular formula is C25H37N5O6. The van der Waals surface area contributed by atoms with E-state index in [1.165, 1.54) is 25.0 Å². The fraction of sp³-hybridized carbons (Fsp3) is 0.600. The number of nitrogens with two attached hydrogens (primary N) is 1. The molecular weight excluding hydrogens is 466 g/mol. The zero-order valence-corrected chi connectivity index (χ0v) is 20.9. The van der Waals surface area contributed by atoms with Crippen LogP contribution in [-0.4, -0.2) is 84.1 Å². The molecule has 6 N–H and O–H groups in total. The Kier molecular flexibility index (Phi) is 9.65. The normalized spacial score (nSPS) is 21.0. The molecule has 2 aliphatic heterocycles. The third-order valence-electron chi connectivity index (χ3n) is 6.31. The Morgan fingerprint density at radius 3 is 2.28 bits per heavy atom. The van der Waals surface area contributed by atoms with Crippen molar-refractivity contribution in [2.45, 2.75) is 63.8 Å². The standard InChI is InChI=1S/C25H37N5O6/c1-15(2)13-19(23(33)28-18(22(26)32)14-16-5-7-17(31)8-6-16)29-25(35)21-20(36-21)24(34)27-9-12-30-10-3-4-11-30/h5-8,15,18-21,31H,3-4,9-14H2,1-2H3,(H2,26,32)(H,27,34)(H,28,33)(H,29,35)/t18-,19-,20+,21?/m0/s1. The van der Waals surface area contributed by atoms with Gasteiger partial charge in [0.05, 0.1) is 0 Å². The molecule has 0 spiro atoms. The number of hydrogen-bond acceptors (Lipinski definition) is 7. The monoisotopic (exact) mass is 503 g/mol. The second-order valence-corrected chi connectivity index (χ2v) is 9.84. The molecule has 0 aliphatic carbocycles. The van der Waals surface area contributed by atoms with E-state index in [2.05, 4.69) is 20.9 Å². The maximum atomic E-state index is 13.0. The number of likely N-dealkylation sites (tertiary alicyclic amines) is 1. The number of epoxide rings is 1. The van der Waals surface area contributed by atoms with Crippen LogP contribution in [0.1, 0.15) is 38.7 Å². The average Bonchev–Trinajstić information content (AvgIpc) is 3.47. The molecule has 3 rings (SSSR count). The second kappa shape index (κ2) is 12.7. The van der Waals surface area contributed by atoms with Crippen LogP contribution in [0.3, 0.4) is 0 Å². The molecule has 0 radical (unpaired) electrons. The van der Waals surface area contributed by atoms with E-state index in [9.17, 15) is 24.3 Å². The molecule has 0 aromatic heterocycles. The van der Waals surface area contributed by atoms with E-state index >= 15 is 0 Å². The summed E-state index contributed by atoms with van der Waals surface area (Å²) in [6.07, 6.45) is 0.965. The Morgan fingerprint density at radius 2 is 1.67 bits per heavy atom. The average molecular weight is 504 g/mol. The Balaban J connectivity index is 1.51. The van der Waals surface area contributed by atoms with Gasteiger partial charge in [-0.3, -0.25) is 19.2 Å². The number of benzene rings is 1. The molecule has 0 saturated carbocycles. The minimum absolute atomic E-state index is 0.0648. The molecule has 0 bridgehead atoms. The summed E-state index contributed by atoms with van der Waals surface area (Å²) in [6.45, 7) is 7.12. The Bertz CT molecular complexity index is 931. The number of phenolic OH excluding ortho intramolecular Hbond substituents is 1. The number of aromatic hydroxyl groups is 1. The zero-order chi connectivity index (χ0) is 26.2. The molecule has 2 saturated heterocycles. The summed E-state index contributed by atoms with van der Waals surface area (Å²) >= 11 is 0. The lowest BCUT2D eigenvalue weighted by atomic mass is 10.0. The van der Waals surface area contributed by atoms with Crippen LogP contribution in [0.2, 0.25) is 0 Å². The summed E-state index contributed by atoms with van der Waals surface area (Å²) < 4.78 is 5.29. The minimum atomic E-state index is -1.00. The lowest BCUT2D eigenvalue weighted by molar-refractivity contribution is -0.132. The fourth-order valence-electron chi connectivity index (χ4n) is 4.27. The number of ether oxygens (including phenoxy) is 1. The second-order valence-electron chi connectivity index (χ2n) is 9.84. The van der Waals surface area contributed by atoms with Crippen molar-refractivity contribution >= 4 is 23.6 Å². The molecule has 36 heavy (non-hydrogen) atoms. The Hall–Kier alpha value is -3.18. The first-order valence-corrected chi connectivity index (χ1v) is 12.5. The topological polar surface area (TPSA) is 166 Å². The number of nitrogens with zero attached hydrogens (tertiary/aromatic N) is 1. The van der Waals surface area contributed by atoms with Crippen molar-refractivity contribution in [1.29, 1.82) is 0 Å². The molecule has 1 unspecified atom stereocenters. The van der Waals surface area contributed by atoms with Gasteiger partial charge in [0.2, 0.25) is 11.8 Å². The molecule has 2 fully saturated rings. The van der Waals surface area contributed by atoms with Crippen LogP contribution >= 0.6 is 0 Å². The highest BCUT2D eigenvalue weighted by molar-refractivity contribution is 5.97. The van der Waals surface area contributed by atoms with Gasteiger partial charge in [0, 0.05) is 19.5 Å². The first-order chi connectivity index (χ1) is 17.1. The summed E-state index contributed by atoms with van der Waals surface area (Å²) in [5.74, 6) is -2.02. The van der Waals surface area contributed by atoms with Gasteiger partial charge in [-0.25, -0.2) is 0 Å². The fourth-order valence-corrected chi connectivity index (χ4v) is 4.27. The predicted molar refractivity (Wildman–Crippen MR) is 132 cm³/mol. The zero-order valence-electron chi connectivity index (χ0n) is 20.9. The lowest BCUT2D eigenvalue weighted by Gasteiger charge is -2.23. The molecule has 4 amide bonds. The summed E-state index contributed by atoms with van der Waals surface area (Å²) in [5.41, 5.74) is 6.20. The molecule has 11 heteroatoms. The van der Waals surface area contributed by atoms with E-state index in [0.717, 1.165) is 19.6 Å². The highest BCUT2D eigenvalue weighted by atomic mass is 16.6. The Morgan fingerprint density at radius 1 is 1.03 bits per heavy atom. The van der Waals surface area contributed by atoms with Gasteiger partial charge in [0.25, 0.3) is 11.8 Å². The number of nitrogens with one attached hydrogen (secondary N) is 3. The lowest BCUT2D eigenvalue weighted by Crippen LogP contribution is -2.54. The minimum Gasteiger partial charge on any atom is -0.508 e. The van der Waals surface area contributed by atoms with Crippen molar-refractivity contribution in [3.05, 3.63) is 29.8 Å². The number of carbonyl (C=O) groups is 4. The highest BCUT2D eigenvalue weighted by Gasteiger charge is 2.51. The van der Waals surface area contributed by atoms with Crippen molar-refractivity contribution in [2.75, 3.05) is 26.2 Å². The van der Waals surface area contributed by atoms with E-state index < -0.39 is 42.0 Å². The van der Waals surface area contributed by atoms with Crippen LogP contribution < -0.4 is 21.7 Å². The number of primary amides is 1. The van der Waals surface area contributed by atoms with E-state index in [0.29, 0.717) is 18.5 Å². The largest absolute Gasteiger partial charge is 0.508 e. The smallest absolute Gasteiger partial charge is 0.253 e. The van der Waals surface area contributed by atoms with E-state index in [1.807, 2.05) is 13.8 Å². The van der Waals surface area contributed by atoms with Crippen LogP contribution in [-0.2, 0) is 30.3 Å². The van der Waals surface area contributed by atoms with Crippen LogP contribution in [0.4, 0.5) is 0 Å². The van der Waals surface area contributed by atoms with Gasteiger partial charge >= 0.3 is 0 Å². The van der Waals surface area contributed by atoms with E-state index in [4.69, 9.17) is 10.5 Å². The predicted octanol–water partition coefficient (Wildman–Crippen LogP) is -0.585. The maximum absolute atomic E-state index is 13.0. The molecule has 2 aliphatic rings. The molecule has 2 heterocycles. The van der Waals surface area contributed by atoms with Gasteiger partial charge in [-0.05, 0) is 56.0 Å². The number of carbonyl (C=O) groups excluding carboxylic acids is 4. The van der Waals surface area contributed by atoms with E-state index in [1.54, 1.807) is 12.1 Å². The molecule has 1 aromatic carbocycles. The number of phenols is 1. The summed E-state index contributed by atoms with van der Waals surface area (Å²) in [4.78, 5) is 52.3. The summed E-state index contributed by atoms with van der Waals surface area (Å²) in [5, 5.41) is 17.5. The van der Waals surface area contributed by atoms with Crippen LogP contribution in [0.25, 0.3) is 0 Å². The van der Waals surface area contributed by atoms with Gasteiger partial charge in [-0.1, -0.05) is 26.0 Å². The highest BCUT2D eigenvalue weighted by Crippen LogP contribution is 2.23. The van der Waals surface area contributed by atoms with Gasteiger partial charge in [0.1, 0.15) is 17.8 Å². The summed E-state index contributed by atoms with van der Waals surface area (Å²) in [6, 6.07) is 4.29. The first-order valence-electron chi connectivity index (χ1n) is 12.5. The number of rotatable bonds is 13. The summed E-state index contributed by atoms with van der Waals surface area (Å²) in [7, 11) is 0. The quantitative estimate of drug-likeness (QED) is 0.224. The number of amides is 4. The molecule has 198 valence electrons. The van der Waals surface area contributed by atoms with Crippen molar-refractivity contribution < 1.29 is 29.0 Å². The Labute approximate surface area is 211 Å². The van der Waals surface area contributed by atoms with Gasteiger partial charge < -0.3 is 36.4 Å². The molecule has 11 nitrogen and oxygen atoms in total. The molecule has 1 aromatic rings. The van der Waals surface area contributed by atoms with Gasteiger partial charge in [0.15, 0.2) is 12.2 Å². The third kappa shape index (κ3) is 8.20. The van der Waals surface area contributed by atoms with Gasteiger partial charge in [-0.15, -0.1) is 0 Å². The third-order valence-corrected chi connectivity index (χ3v) is 6.31. The van der Waals surface area contributed by atoms with Crippen molar-refractivity contribution in [3.8, 4) is 5.75 Å².